The van der Waals surface area contributed by atoms with Gasteiger partial charge in [-0.15, -0.1) is 11.6 Å². The van der Waals surface area contributed by atoms with Crippen LogP contribution < -0.4 is 0 Å². The number of carboxylic acids is 1. The molecule has 0 heterocycles. The van der Waals surface area contributed by atoms with Gasteiger partial charge in [0.2, 0.25) is 0 Å². The van der Waals surface area contributed by atoms with Crippen molar-refractivity contribution < 1.29 is 14.3 Å². The summed E-state index contributed by atoms with van der Waals surface area (Å²) >= 11 is 6.61. The van der Waals surface area contributed by atoms with E-state index in [9.17, 15) is 9.18 Å². The largest absolute Gasteiger partial charge is 0.481 e. The maximum atomic E-state index is 14.3. The zero-order valence-corrected chi connectivity index (χ0v) is 11.8. The van der Waals surface area contributed by atoms with E-state index in [0.29, 0.717) is 11.1 Å². The minimum atomic E-state index is -0.954. The number of aliphatic carboxylic acids is 1. The first kappa shape index (κ1) is 14.3. The summed E-state index contributed by atoms with van der Waals surface area (Å²) in [6.45, 7) is 1.81. The predicted octanol–water partition coefficient (Wildman–Crippen LogP) is 4.16. The third kappa shape index (κ3) is 3.08. The summed E-state index contributed by atoms with van der Waals surface area (Å²) in [7, 11) is 0. The number of alkyl halides is 1. The Morgan fingerprint density at radius 1 is 1.37 bits per heavy atom. The molecule has 1 saturated carbocycles. The molecule has 0 unspecified atom stereocenters. The van der Waals surface area contributed by atoms with Crippen LogP contribution in [0.2, 0.25) is 0 Å². The second-order valence-electron chi connectivity index (χ2n) is 5.37. The van der Waals surface area contributed by atoms with Gasteiger partial charge < -0.3 is 5.11 Å². The Morgan fingerprint density at radius 3 is 2.53 bits per heavy atom. The second-order valence-corrected chi connectivity index (χ2v) is 6.09. The van der Waals surface area contributed by atoms with E-state index in [1.807, 2.05) is 6.92 Å². The average Bonchev–Trinajstić information content (AvgIpc) is 2.27. The summed E-state index contributed by atoms with van der Waals surface area (Å²) in [6, 6.07) is 3.06. The molecule has 1 fully saturated rings. The van der Waals surface area contributed by atoms with E-state index in [1.54, 1.807) is 6.07 Å². The summed E-state index contributed by atoms with van der Waals surface area (Å²) in [6.07, 6.45) is 4.58. The van der Waals surface area contributed by atoms with Crippen molar-refractivity contribution in [2.45, 2.75) is 50.3 Å². The molecule has 4 heteroatoms. The highest BCUT2D eigenvalue weighted by Crippen LogP contribution is 2.45. The summed E-state index contributed by atoms with van der Waals surface area (Å²) in [5.74, 6) is -1.32. The molecule has 0 spiro atoms. The Labute approximate surface area is 117 Å². The lowest BCUT2D eigenvalue weighted by atomic mass is 9.80. The molecule has 0 bridgehead atoms. The maximum Gasteiger partial charge on any atom is 0.307 e. The molecule has 2 rings (SSSR count). The normalized spacial score (nSPS) is 18.3. The van der Waals surface area contributed by atoms with E-state index < -0.39 is 10.8 Å². The van der Waals surface area contributed by atoms with Gasteiger partial charge in [0.05, 0.1) is 11.3 Å². The lowest BCUT2D eigenvalue weighted by Gasteiger charge is -2.33. The third-order valence-corrected chi connectivity index (χ3v) is 4.36. The quantitative estimate of drug-likeness (QED) is 0.846. The van der Waals surface area contributed by atoms with E-state index in [4.69, 9.17) is 16.7 Å². The van der Waals surface area contributed by atoms with E-state index >= 15 is 0 Å². The van der Waals surface area contributed by atoms with Gasteiger partial charge in [0.1, 0.15) is 5.82 Å². The first-order valence-electron chi connectivity index (χ1n) is 6.62. The molecule has 1 aliphatic carbocycles. The highest BCUT2D eigenvalue weighted by atomic mass is 35.5. The van der Waals surface area contributed by atoms with Crippen LogP contribution in [-0.2, 0) is 16.1 Å². The smallest absolute Gasteiger partial charge is 0.307 e. The van der Waals surface area contributed by atoms with E-state index in [2.05, 4.69) is 0 Å². The molecule has 0 saturated heterocycles. The fraction of sp³-hybridized carbons (Fsp3) is 0.533. The maximum absolute atomic E-state index is 14.3. The van der Waals surface area contributed by atoms with Gasteiger partial charge in [0, 0.05) is 5.56 Å². The lowest BCUT2D eigenvalue weighted by molar-refractivity contribution is -0.136. The zero-order valence-electron chi connectivity index (χ0n) is 11.0. The number of benzene rings is 1. The second kappa shape index (κ2) is 5.49. The number of carbonyl (C=O) groups is 1. The van der Waals surface area contributed by atoms with Gasteiger partial charge in [-0.1, -0.05) is 25.3 Å². The Hall–Kier alpha value is -1.09. The van der Waals surface area contributed by atoms with Crippen LogP contribution in [0, 0.1) is 12.7 Å². The van der Waals surface area contributed by atoms with Gasteiger partial charge in [-0.2, -0.15) is 0 Å². The molecule has 0 aliphatic heterocycles. The molecule has 1 N–H and O–H groups in total. The lowest BCUT2D eigenvalue weighted by Crippen LogP contribution is -2.25. The van der Waals surface area contributed by atoms with Crippen molar-refractivity contribution in [1.82, 2.24) is 0 Å². The highest BCUT2D eigenvalue weighted by molar-refractivity contribution is 6.24. The third-order valence-electron chi connectivity index (χ3n) is 3.80. The molecule has 0 radical (unpaired) electrons. The molecule has 1 aliphatic rings. The van der Waals surface area contributed by atoms with Crippen LogP contribution in [0.25, 0.3) is 0 Å². The topological polar surface area (TPSA) is 37.3 Å². The Kier molecular flexibility index (Phi) is 4.14. The van der Waals surface area contributed by atoms with Crippen molar-refractivity contribution in [1.29, 1.82) is 0 Å². The summed E-state index contributed by atoms with van der Waals surface area (Å²) in [5.41, 5.74) is 1.80. The monoisotopic (exact) mass is 284 g/mol. The Morgan fingerprint density at radius 2 is 2.00 bits per heavy atom. The molecule has 1 aromatic rings. The fourth-order valence-corrected chi connectivity index (χ4v) is 3.53. The fourth-order valence-electron chi connectivity index (χ4n) is 3.02. The van der Waals surface area contributed by atoms with Crippen LogP contribution in [0.1, 0.15) is 48.8 Å². The molecule has 0 atom stereocenters. The van der Waals surface area contributed by atoms with E-state index in [1.165, 1.54) is 6.07 Å². The first-order valence-corrected chi connectivity index (χ1v) is 7.00. The van der Waals surface area contributed by atoms with Crippen LogP contribution in [0.15, 0.2) is 12.1 Å². The Balaban J connectivity index is 2.38. The highest BCUT2D eigenvalue weighted by Gasteiger charge is 2.35. The molecule has 104 valence electrons. The van der Waals surface area contributed by atoms with Crippen molar-refractivity contribution in [3.05, 3.63) is 34.6 Å². The van der Waals surface area contributed by atoms with Crippen LogP contribution in [0.3, 0.4) is 0 Å². The zero-order chi connectivity index (χ0) is 14.0. The Bertz CT molecular complexity index is 470. The predicted molar refractivity (Wildman–Crippen MR) is 73.1 cm³/mol. The number of rotatable bonds is 3. The van der Waals surface area contributed by atoms with Crippen molar-refractivity contribution >= 4 is 17.6 Å². The van der Waals surface area contributed by atoms with E-state index in [-0.39, 0.29) is 12.2 Å². The van der Waals surface area contributed by atoms with Gasteiger partial charge in [-0.3, -0.25) is 4.79 Å². The standard InChI is InChI=1S/C15H18ClFO2/c1-10-7-11(9-13(18)19)8-12(17)14(10)15(16)5-3-2-4-6-15/h7-8H,2-6,9H2,1H3,(H,18,19). The number of carboxylic acid groups (broad SMARTS) is 1. The summed E-state index contributed by atoms with van der Waals surface area (Å²) in [4.78, 5) is 10.1. The summed E-state index contributed by atoms with van der Waals surface area (Å²) in [5, 5.41) is 8.77. The molecule has 2 nitrogen and oxygen atoms in total. The van der Waals surface area contributed by atoms with E-state index in [0.717, 1.165) is 37.7 Å². The van der Waals surface area contributed by atoms with Crippen LogP contribution >= 0.6 is 11.6 Å². The van der Waals surface area contributed by atoms with Gasteiger partial charge in [-0.25, -0.2) is 4.39 Å². The van der Waals surface area contributed by atoms with Gasteiger partial charge in [-0.05, 0) is 37.0 Å². The number of hydrogen-bond acceptors (Lipinski definition) is 1. The molecule has 19 heavy (non-hydrogen) atoms. The van der Waals surface area contributed by atoms with Crippen LogP contribution in [0.5, 0.6) is 0 Å². The van der Waals surface area contributed by atoms with Crippen molar-refractivity contribution in [3.8, 4) is 0 Å². The van der Waals surface area contributed by atoms with Crippen LogP contribution in [-0.4, -0.2) is 11.1 Å². The number of hydrogen-bond donors (Lipinski definition) is 1. The number of halogens is 2. The van der Waals surface area contributed by atoms with Crippen molar-refractivity contribution in [3.63, 3.8) is 0 Å². The van der Waals surface area contributed by atoms with Gasteiger partial charge in [0.25, 0.3) is 0 Å². The molecular weight excluding hydrogens is 267 g/mol. The van der Waals surface area contributed by atoms with Crippen molar-refractivity contribution in [2.24, 2.45) is 0 Å². The van der Waals surface area contributed by atoms with Crippen molar-refractivity contribution in [2.75, 3.05) is 0 Å². The average molecular weight is 285 g/mol. The minimum absolute atomic E-state index is 0.159. The van der Waals surface area contributed by atoms with Gasteiger partial charge >= 0.3 is 5.97 Å². The number of aryl methyl sites for hydroxylation is 1. The molecular formula is C15H18ClFO2. The van der Waals surface area contributed by atoms with Gasteiger partial charge in [0.15, 0.2) is 0 Å². The SMILES string of the molecule is Cc1cc(CC(=O)O)cc(F)c1C1(Cl)CCCCC1. The molecule has 0 aromatic heterocycles. The minimum Gasteiger partial charge on any atom is -0.481 e. The molecule has 0 amide bonds. The first-order chi connectivity index (χ1) is 8.92. The summed E-state index contributed by atoms with van der Waals surface area (Å²) < 4.78 is 14.3. The molecule has 1 aromatic carbocycles. The van der Waals surface area contributed by atoms with Crippen LogP contribution in [0.4, 0.5) is 4.39 Å².